The summed E-state index contributed by atoms with van der Waals surface area (Å²) in [4.78, 5) is 22.2. The number of hydrogen-bond donors (Lipinski definition) is 2. The maximum Gasteiger partial charge on any atom is 0.414 e. The van der Waals surface area contributed by atoms with E-state index in [1.165, 1.54) is 4.88 Å². The lowest BCUT2D eigenvalue weighted by Crippen LogP contribution is -2.48. The predicted octanol–water partition coefficient (Wildman–Crippen LogP) is 2.56. The molecule has 1 aliphatic rings. The van der Waals surface area contributed by atoms with E-state index in [0.717, 1.165) is 30.4 Å². The molecule has 10 heteroatoms. The number of nitrogens with zero attached hydrogens (tertiary/aromatic N) is 2. The molecule has 0 amide bonds. The highest BCUT2D eigenvalue weighted by molar-refractivity contribution is 7.89. The maximum atomic E-state index is 13.0. The molecule has 0 bridgehead atoms. The van der Waals surface area contributed by atoms with Gasteiger partial charge in [-0.3, -0.25) is 4.90 Å². The van der Waals surface area contributed by atoms with Gasteiger partial charge in [0.15, 0.2) is 0 Å². The minimum absolute atomic E-state index is 0.387. The third kappa shape index (κ3) is 5.88. The highest BCUT2D eigenvalue weighted by Crippen LogP contribution is 2.23. The van der Waals surface area contributed by atoms with Crippen LogP contribution in [0.4, 0.5) is 0 Å². The normalized spacial score (nSPS) is 15.2. The summed E-state index contributed by atoms with van der Waals surface area (Å²) in [5, 5.41) is 18.9. The number of carboxylic acids is 2. The van der Waals surface area contributed by atoms with E-state index in [1.807, 2.05) is 30.3 Å². The molecule has 0 radical (unpaired) electrons. The van der Waals surface area contributed by atoms with E-state index in [1.54, 1.807) is 27.8 Å². The first-order valence-corrected chi connectivity index (χ1v) is 11.8. The van der Waals surface area contributed by atoms with Gasteiger partial charge in [-0.05, 0) is 34.4 Å². The van der Waals surface area contributed by atoms with Gasteiger partial charge in [0.1, 0.15) is 0 Å². The first-order valence-electron chi connectivity index (χ1n) is 9.47. The van der Waals surface area contributed by atoms with E-state index in [4.69, 9.17) is 19.8 Å². The lowest BCUT2D eigenvalue weighted by atomic mass is 10.1. The molecule has 0 saturated carbocycles. The number of carbonyl (C=O) groups is 2. The van der Waals surface area contributed by atoms with E-state index < -0.39 is 22.0 Å². The molecule has 1 saturated heterocycles. The van der Waals surface area contributed by atoms with Gasteiger partial charge in [0.2, 0.25) is 10.0 Å². The van der Waals surface area contributed by atoms with Crippen LogP contribution in [-0.2, 0) is 26.2 Å². The summed E-state index contributed by atoms with van der Waals surface area (Å²) >= 11 is 1.75. The smallest absolute Gasteiger partial charge is 0.414 e. The molecule has 1 aliphatic heterocycles. The van der Waals surface area contributed by atoms with Crippen LogP contribution in [0, 0.1) is 0 Å². The molecule has 1 fully saturated rings. The predicted molar refractivity (Wildman–Crippen MR) is 118 cm³/mol. The molecule has 0 unspecified atom stereocenters. The quantitative estimate of drug-likeness (QED) is 0.573. The van der Waals surface area contributed by atoms with Crippen molar-refractivity contribution in [2.45, 2.75) is 11.4 Å². The molecular formula is C21H22N2O6S2. The van der Waals surface area contributed by atoms with Crippen molar-refractivity contribution in [3.8, 4) is 0 Å². The highest BCUT2D eigenvalue weighted by Gasteiger charge is 2.28. The van der Waals surface area contributed by atoms with Crippen LogP contribution < -0.4 is 0 Å². The van der Waals surface area contributed by atoms with Crippen LogP contribution in [0.2, 0.25) is 0 Å². The molecule has 1 aromatic heterocycles. The first-order chi connectivity index (χ1) is 14.8. The second kappa shape index (κ2) is 10.0. The topological polar surface area (TPSA) is 115 Å². The zero-order valence-corrected chi connectivity index (χ0v) is 18.2. The Labute approximate surface area is 184 Å². The number of fused-ring (bicyclic) bond motifs is 1. The monoisotopic (exact) mass is 462 g/mol. The minimum atomic E-state index is -3.43. The largest absolute Gasteiger partial charge is 0.473 e. The van der Waals surface area contributed by atoms with Crippen molar-refractivity contribution in [1.82, 2.24) is 9.21 Å². The fraction of sp³-hybridized carbons (Fsp3) is 0.238. The van der Waals surface area contributed by atoms with Gasteiger partial charge >= 0.3 is 11.9 Å². The van der Waals surface area contributed by atoms with E-state index in [-0.39, 0.29) is 0 Å². The van der Waals surface area contributed by atoms with Crippen LogP contribution in [0.15, 0.2) is 64.9 Å². The van der Waals surface area contributed by atoms with Gasteiger partial charge in [0, 0.05) is 37.6 Å². The number of benzene rings is 2. The van der Waals surface area contributed by atoms with E-state index >= 15 is 0 Å². The molecule has 0 atom stereocenters. The van der Waals surface area contributed by atoms with Crippen molar-refractivity contribution < 1.29 is 28.2 Å². The number of piperazine rings is 1. The second-order valence-corrected chi connectivity index (χ2v) is 9.85. The number of carboxylic acid groups (broad SMARTS) is 2. The summed E-state index contributed by atoms with van der Waals surface area (Å²) < 4.78 is 27.5. The Bertz CT molecular complexity index is 1140. The number of sulfonamides is 1. The summed E-state index contributed by atoms with van der Waals surface area (Å²) in [6.45, 7) is 3.53. The first kappa shape index (κ1) is 22.9. The SMILES string of the molecule is O=C(O)C(=O)O.O=S(=O)(c1ccc2ccccc2c1)N1CCN(Cc2cccs2)CC1. The molecule has 2 aromatic carbocycles. The average Bonchev–Trinajstić information content (AvgIpc) is 3.27. The van der Waals surface area contributed by atoms with Gasteiger partial charge < -0.3 is 10.2 Å². The highest BCUT2D eigenvalue weighted by atomic mass is 32.2. The summed E-state index contributed by atoms with van der Waals surface area (Å²) in [6.07, 6.45) is 0. The van der Waals surface area contributed by atoms with Crippen molar-refractivity contribution in [2.75, 3.05) is 26.2 Å². The Kier molecular flexibility index (Phi) is 7.39. The fourth-order valence-electron chi connectivity index (χ4n) is 3.23. The Morgan fingerprint density at radius 1 is 0.871 bits per heavy atom. The van der Waals surface area contributed by atoms with Crippen LogP contribution in [0.3, 0.4) is 0 Å². The second-order valence-electron chi connectivity index (χ2n) is 6.88. The van der Waals surface area contributed by atoms with Gasteiger partial charge in [-0.1, -0.05) is 36.4 Å². The van der Waals surface area contributed by atoms with Crippen LogP contribution in [0.25, 0.3) is 10.8 Å². The maximum absolute atomic E-state index is 13.0. The van der Waals surface area contributed by atoms with Crippen LogP contribution in [-0.4, -0.2) is 66.0 Å². The lowest BCUT2D eigenvalue weighted by molar-refractivity contribution is -0.159. The fourth-order valence-corrected chi connectivity index (χ4v) is 5.43. The summed E-state index contributed by atoms with van der Waals surface area (Å²) in [7, 11) is -3.43. The summed E-state index contributed by atoms with van der Waals surface area (Å²) in [6, 6.07) is 17.4. The number of aliphatic carboxylic acids is 2. The van der Waals surface area contributed by atoms with Crippen molar-refractivity contribution in [1.29, 1.82) is 0 Å². The molecule has 4 rings (SSSR count). The molecule has 2 N–H and O–H groups in total. The van der Waals surface area contributed by atoms with E-state index in [9.17, 15) is 8.42 Å². The lowest BCUT2D eigenvalue weighted by Gasteiger charge is -2.33. The zero-order valence-electron chi connectivity index (χ0n) is 16.5. The third-order valence-corrected chi connectivity index (χ3v) is 7.59. The van der Waals surface area contributed by atoms with Crippen LogP contribution in [0.1, 0.15) is 4.88 Å². The van der Waals surface area contributed by atoms with Crippen LogP contribution >= 0.6 is 11.3 Å². The standard InChI is InChI=1S/C19H20N2O2S2.C2H2O4/c22-25(23,19-8-7-16-4-1-2-5-17(16)14-19)21-11-9-20(10-12-21)15-18-6-3-13-24-18;3-1(4)2(5)6/h1-8,13-14H,9-12,15H2;(H,3,4)(H,5,6). The molecule has 3 aromatic rings. The van der Waals surface area contributed by atoms with E-state index in [2.05, 4.69) is 22.4 Å². The molecule has 0 aliphatic carbocycles. The Morgan fingerprint density at radius 3 is 2.10 bits per heavy atom. The van der Waals surface area contributed by atoms with Crippen LogP contribution in [0.5, 0.6) is 0 Å². The van der Waals surface area contributed by atoms with Gasteiger partial charge in [0.25, 0.3) is 0 Å². The molecule has 164 valence electrons. The number of thiophene rings is 1. The molecular weight excluding hydrogens is 440 g/mol. The van der Waals surface area contributed by atoms with Crippen molar-refractivity contribution in [3.05, 3.63) is 64.9 Å². The van der Waals surface area contributed by atoms with Gasteiger partial charge in [-0.25, -0.2) is 18.0 Å². The van der Waals surface area contributed by atoms with Crippen molar-refractivity contribution >= 4 is 44.1 Å². The van der Waals surface area contributed by atoms with E-state index in [0.29, 0.717) is 18.0 Å². The Balaban J connectivity index is 0.000000401. The molecule has 2 heterocycles. The molecule has 8 nitrogen and oxygen atoms in total. The molecule has 31 heavy (non-hydrogen) atoms. The minimum Gasteiger partial charge on any atom is -0.473 e. The Hall–Kier alpha value is -2.79. The van der Waals surface area contributed by atoms with Gasteiger partial charge in [-0.15, -0.1) is 11.3 Å². The van der Waals surface area contributed by atoms with Gasteiger partial charge in [-0.2, -0.15) is 4.31 Å². The summed E-state index contributed by atoms with van der Waals surface area (Å²) in [5.74, 6) is -3.65. The number of hydrogen-bond acceptors (Lipinski definition) is 6. The van der Waals surface area contributed by atoms with Gasteiger partial charge in [0.05, 0.1) is 4.90 Å². The zero-order chi connectivity index (χ0) is 22.4. The van der Waals surface area contributed by atoms with Crippen molar-refractivity contribution in [3.63, 3.8) is 0 Å². The summed E-state index contributed by atoms with van der Waals surface area (Å²) in [5.41, 5.74) is 0. The third-order valence-electron chi connectivity index (χ3n) is 4.83. The number of rotatable bonds is 4. The Morgan fingerprint density at radius 2 is 1.52 bits per heavy atom. The molecule has 0 spiro atoms. The average molecular weight is 463 g/mol. The van der Waals surface area contributed by atoms with Crippen molar-refractivity contribution in [2.24, 2.45) is 0 Å².